The summed E-state index contributed by atoms with van der Waals surface area (Å²) in [5, 5.41) is 0. The Morgan fingerprint density at radius 2 is 1.81 bits per heavy atom. The van der Waals surface area contributed by atoms with Crippen LogP contribution < -0.4 is 4.72 Å². The van der Waals surface area contributed by atoms with Crippen LogP contribution in [0.25, 0.3) is 0 Å². The largest absolute Gasteiger partial charge is 0.376 e. The van der Waals surface area contributed by atoms with Gasteiger partial charge in [-0.3, -0.25) is 4.79 Å². The van der Waals surface area contributed by atoms with E-state index in [2.05, 4.69) is 29.0 Å². The maximum atomic E-state index is 11.9. The Morgan fingerprint density at radius 1 is 1.15 bits per heavy atom. The van der Waals surface area contributed by atoms with Gasteiger partial charge in [-0.1, -0.05) is 30.3 Å². The van der Waals surface area contributed by atoms with Gasteiger partial charge in [0.1, 0.15) is 0 Å². The molecule has 2 fully saturated rings. The molecule has 6 nitrogen and oxygen atoms in total. The van der Waals surface area contributed by atoms with Crippen molar-refractivity contribution in [3.63, 3.8) is 0 Å². The molecule has 0 bridgehead atoms. The SMILES string of the molecule is CC(=O)N1CCC(NS(C)(=O)=O)[C@@H]1COC1CCC(c2ccccc2)CC1. The number of rotatable bonds is 6. The molecule has 3 rings (SSSR count). The van der Waals surface area contributed by atoms with Crippen molar-refractivity contribution in [2.24, 2.45) is 0 Å². The number of carbonyl (C=O) groups is 1. The molecule has 1 amide bonds. The lowest BCUT2D eigenvalue weighted by molar-refractivity contribution is -0.131. The Bertz CT molecular complexity index is 730. The van der Waals surface area contributed by atoms with E-state index < -0.39 is 10.0 Å². The average molecular weight is 395 g/mol. The molecule has 2 atom stereocenters. The fourth-order valence-electron chi connectivity index (χ4n) is 4.39. The molecule has 0 aromatic heterocycles. The summed E-state index contributed by atoms with van der Waals surface area (Å²) in [5.74, 6) is 0.556. The van der Waals surface area contributed by atoms with Crippen molar-refractivity contribution in [1.29, 1.82) is 0 Å². The number of sulfonamides is 1. The molecule has 2 aliphatic rings. The molecule has 27 heavy (non-hydrogen) atoms. The van der Waals surface area contributed by atoms with E-state index in [0.717, 1.165) is 31.9 Å². The lowest BCUT2D eigenvalue weighted by Crippen LogP contribution is -2.49. The lowest BCUT2D eigenvalue weighted by Gasteiger charge is -2.32. The van der Waals surface area contributed by atoms with Crippen molar-refractivity contribution in [2.75, 3.05) is 19.4 Å². The molecule has 1 aliphatic carbocycles. The van der Waals surface area contributed by atoms with Crippen LogP contribution in [0.15, 0.2) is 30.3 Å². The average Bonchev–Trinajstić information content (AvgIpc) is 3.02. The Kier molecular flexibility index (Phi) is 6.55. The number of carbonyl (C=O) groups excluding carboxylic acids is 1. The minimum Gasteiger partial charge on any atom is -0.376 e. The lowest BCUT2D eigenvalue weighted by atomic mass is 9.83. The van der Waals surface area contributed by atoms with Crippen LogP contribution in [0.5, 0.6) is 0 Å². The normalized spacial score (nSPS) is 29.0. The Balaban J connectivity index is 1.53. The molecule has 150 valence electrons. The van der Waals surface area contributed by atoms with E-state index in [4.69, 9.17) is 4.74 Å². The van der Waals surface area contributed by atoms with Gasteiger partial charge in [0.05, 0.1) is 25.0 Å². The van der Waals surface area contributed by atoms with Crippen LogP contribution in [0.1, 0.15) is 50.5 Å². The fraction of sp³-hybridized carbons (Fsp3) is 0.650. The fourth-order valence-corrected chi connectivity index (χ4v) is 5.21. The summed E-state index contributed by atoms with van der Waals surface area (Å²) in [4.78, 5) is 13.6. The minimum absolute atomic E-state index is 0.0332. The highest BCUT2D eigenvalue weighted by atomic mass is 32.2. The van der Waals surface area contributed by atoms with E-state index in [9.17, 15) is 13.2 Å². The number of nitrogens with zero attached hydrogens (tertiary/aromatic N) is 1. The summed E-state index contributed by atoms with van der Waals surface area (Å²) in [6.07, 6.45) is 6.15. The van der Waals surface area contributed by atoms with Crippen molar-refractivity contribution in [2.45, 2.75) is 63.1 Å². The highest BCUT2D eigenvalue weighted by Crippen LogP contribution is 2.34. The second-order valence-corrected chi connectivity index (χ2v) is 9.56. The Morgan fingerprint density at radius 3 is 2.41 bits per heavy atom. The number of likely N-dealkylation sites (tertiary alicyclic amines) is 1. The summed E-state index contributed by atoms with van der Waals surface area (Å²) in [7, 11) is -3.31. The molecule has 1 aliphatic heterocycles. The molecule has 1 N–H and O–H groups in total. The molecule has 1 aromatic rings. The number of hydrogen-bond donors (Lipinski definition) is 1. The summed E-state index contributed by atoms with van der Waals surface area (Å²) < 4.78 is 32.1. The van der Waals surface area contributed by atoms with Crippen LogP contribution in [-0.2, 0) is 19.6 Å². The van der Waals surface area contributed by atoms with Crippen molar-refractivity contribution in [1.82, 2.24) is 9.62 Å². The number of nitrogens with one attached hydrogen (secondary N) is 1. The monoisotopic (exact) mass is 394 g/mol. The summed E-state index contributed by atoms with van der Waals surface area (Å²) >= 11 is 0. The summed E-state index contributed by atoms with van der Waals surface area (Å²) in [6, 6.07) is 10.1. The zero-order chi connectivity index (χ0) is 19.4. The van der Waals surface area contributed by atoms with Crippen molar-refractivity contribution < 1.29 is 17.9 Å². The van der Waals surface area contributed by atoms with Gasteiger partial charge >= 0.3 is 0 Å². The third-order valence-electron chi connectivity index (χ3n) is 5.76. The van der Waals surface area contributed by atoms with Gasteiger partial charge in [-0.05, 0) is 43.6 Å². The molecule has 1 saturated heterocycles. The zero-order valence-corrected chi connectivity index (χ0v) is 17.0. The van der Waals surface area contributed by atoms with E-state index in [0.29, 0.717) is 25.5 Å². The predicted molar refractivity (Wildman–Crippen MR) is 105 cm³/mol. The van der Waals surface area contributed by atoms with Crippen LogP contribution in [0.2, 0.25) is 0 Å². The van der Waals surface area contributed by atoms with E-state index in [1.54, 1.807) is 4.90 Å². The highest BCUT2D eigenvalue weighted by molar-refractivity contribution is 7.88. The number of benzene rings is 1. The van der Waals surface area contributed by atoms with Crippen molar-refractivity contribution in [3.05, 3.63) is 35.9 Å². The van der Waals surface area contributed by atoms with Gasteiger partial charge in [-0.15, -0.1) is 0 Å². The summed E-state index contributed by atoms with van der Waals surface area (Å²) in [6.45, 7) is 2.48. The van der Waals surface area contributed by atoms with E-state index in [1.807, 2.05) is 6.07 Å². The van der Waals surface area contributed by atoms with Crippen LogP contribution in [-0.4, -0.2) is 56.8 Å². The molecule has 1 heterocycles. The first-order chi connectivity index (χ1) is 12.8. The van der Waals surface area contributed by atoms with Crippen LogP contribution in [0.3, 0.4) is 0 Å². The van der Waals surface area contributed by atoms with Gasteiger partial charge in [0, 0.05) is 19.5 Å². The maximum absolute atomic E-state index is 11.9. The van der Waals surface area contributed by atoms with Gasteiger partial charge in [0.15, 0.2) is 0 Å². The molecule has 1 unspecified atom stereocenters. The van der Waals surface area contributed by atoms with E-state index in [1.165, 1.54) is 12.5 Å². The molecule has 7 heteroatoms. The molecule has 0 radical (unpaired) electrons. The van der Waals surface area contributed by atoms with Crippen LogP contribution in [0, 0.1) is 0 Å². The van der Waals surface area contributed by atoms with Gasteiger partial charge in [-0.25, -0.2) is 13.1 Å². The van der Waals surface area contributed by atoms with Crippen molar-refractivity contribution in [3.8, 4) is 0 Å². The number of amides is 1. The number of ether oxygens (including phenoxy) is 1. The molecule has 1 aromatic carbocycles. The first-order valence-corrected chi connectivity index (χ1v) is 11.6. The molecule has 1 saturated carbocycles. The first kappa shape index (κ1) is 20.3. The predicted octanol–water partition coefficient (Wildman–Crippen LogP) is 2.27. The molecule has 0 spiro atoms. The Labute approximate surface area is 162 Å². The molecular formula is C20H30N2O4S. The van der Waals surface area contributed by atoms with Gasteiger partial charge in [0.2, 0.25) is 15.9 Å². The van der Waals surface area contributed by atoms with Crippen molar-refractivity contribution >= 4 is 15.9 Å². The Hall–Kier alpha value is -1.44. The van der Waals surface area contributed by atoms with E-state index >= 15 is 0 Å². The van der Waals surface area contributed by atoms with Crippen LogP contribution in [0.4, 0.5) is 0 Å². The van der Waals surface area contributed by atoms with Gasteiger partial charge in [0.25, 0.3) is 0 Å². The van der Waals surface area contributed by atoms with E-state index in [-0.39, 0.29) is 24.1 Å². The zero-order valence-electron chi connectivity index (χ0n) is 16.1. The quantitative estimate of drug-likeness (QED) is 0.803. The molecular weight excluding hydrogens is 364 g/mol. The number of hydrogen-bond acceptors (Lipinski definition) is 4. The second-order valence-electron chi connectivity index (χ2n) is 7.78. The topological polar surface area (TPSA) is 75.7 Å². The second kappa shape index (κ2) is 8.71. The third kappa shape index (κ3) is 5.53. The first-order valence-electron chi connectivity index (χ1n) is 9.74. The summed E-state index contributed by atoms with van der Waals surface area (Å²) in [5.41, 5.74) is 1.40. The maximum Gasteiger partial charge on any atom is 0.219 e. The highest BCUT2D eigenvalue weighted by Gasteiger charge is 2.38. The van der Waals surface area contributed by atoms with Gasteiger partial charge < -0.3 is 9.64 Å². The van der Waals surface area contributed by atoms with Crippen LogP contribution >= 0.6 is 0 Å². The van der Waals surface area contributed by atoms with Gasteiger partial charge in [-0.2, -0.15) is 0 Å². The minimum atomic E-state index is -3.31. The third-order valence-corrected chi connectivity index (χ3v) is 6.49. The standard InChI is InChI=1S/C20H30N2O4S/c1-15(23)22-13-12-19(21-27(2,24)25)20(22)14-26-18-10-8-17(9-11-18)16-6-4-3-5-7-16/h3-7,17-21H,8-14H2,1-2H3/t17?,18?,19?,20-/m0/s1. The smallest absolute Gasteiger partial charge is 0.219 e.